The standard InChI is InChI=1S/C25H41NO3/c1-28-23-18-17-22(21-24(23)29-2)15-11-9-7-5-3-4-6-8-10-12-16-25(27)26-19-13-14-20-26/h17-18,21H,3-16,19-20H2,1-2H3. The zero-order valence-electron chi connectivity index (χ0n) is 18.7. The molecular weight excluding hydrogens is 362 g/mol. The van der Waals surface area contributed by atoms with Crippen LogP contribution >= 0.6 is 0 Å². The number of hydrogen-bond donors (Lipinski definition) is 0. The molecule has 0 unspecified atom stereocenters. The van der Waals surface area contributed by atoms with Gasteiger partial charge >= 0.3 is 0 Å². The van der Waals surface area contributed by atoms with Crippen molar-refractivity contribution in [1.82, 2.24) is 4.90 Å². The van der Waals surface area contributed by atoms with E-state index in [-0.39, 0.29) is 0 Å². The van der Waals surface area contributed by atoms with Crippen molar-refractivity contribution in [2.45, 2.75) is 89.9 Å². The molecule has 1 amide bonds. The normalized spacial score (nSPS) is 13.7. The maximum Gasteiger partial charge on any atom is 0.222 e. The summed E-state index contributed by atoms with van der Waals surface area (Å²) in [5.41, 5.74) is 1.32. The number of unbranched alkanes of at least 4 members (excludes halogenated alkanes) is 9. The van der Waals surface area contributed by atoms with E-state index in [9.17, 15) is 4.79 Å². The number of amides is 1. The van der Waals surface area contributed by atoms with Crippen LogP contribution in [0.3, 0.4) is 0 Å². The van der Waals surface area contributed by atoms with E-state index in [2.05, 4.69) is 12.1 Å². The van der Waals surface area contributed by atoms with E-state index in [1.54, 1.807) is 14.2 Å². The lowest BCUT2D eigenvalue weighted by molar-refractivity contribution is -0.130. The Morgan fingerprint density at radius 3 is 1.93 bits per heavy atom. The minimum absolute atomic E-state index is 0.385. The smallest absolute Gasteiger partial charge is 0.222 e. The summed E-state index contributed by atoms with van der Waals surface area (Å²) in [5.74, 6) is 2.01. The quantitative estimate of drug-likeness (QED) is 0.329. The van der Waals surface area contributed by atoms with Gasteiger partial charge in [-0.25, -0.2) is 0 Å². The Kier molecular flexibility index (Phi) is 11.6. The summed E-state index contributed by atoms with van der Waals surface area (Å²) < 4.78 is 10.7. The molecule has 1 aromatic rings. The van der Waals surface area contributed by atoms with Crippen molar-refractivity contribution in [3.8, 4) is 11.5 Å². The number of methoxy groups -OCH3 is 2. The molecule has 1 saturated heterocycles. The molecule has 2 rings (SSSR count). The molecule has 0 spiro atoms. The fourth-order valence-corrected chi connectivity index (χ4v) is 4.18. The first-order chi connectivity index (χ1) is 14.2. The molecule has 0 N–H and O–H groups in total. The van der Waals surface area contributed by atoms with Crippen molar-refractivity contribution in [2.24, 2.45) is 0 Å². The summed E-state index contributed by atoms with van der Waals surface area (Å²) in [5, 5.41) is 0. The van der Waals surface area contributed by atoms with Gasteiger partial charge in [-0.05, 0) is 49.8 Å². The van der Waals surface area contributed by atoms with Gasteiger partial charge in [0.15, 0.2) is 11.5 Å². The molecule has 0 aliphatic carbocycles. The van der Waals surface area contributed by atoms with Gasteiger partial charge in [-0.3, -0.25) is 4.79 Å². The summed E-state index contributed by atoms with van der Waals surface area (Å²) in [6.45, 7) is 1.99. The number of carbonyl (C=O) groups excluding carboxylic acids is 1. The number of nitrogens with zero attached hydrogens (tertiary/aromatic N) is 1. The third-order valence-electron chi connectivity index (χ3n) is 6.01. The molecule has 0 radical (unpaired) electrons. The molecule has 164 valence electrons. The van der Waals surface area contributed by atoms with Crippen molar-refractivity contribution in [1.29, 1.82) is 0 Å². The molecule has 1 heterocycles. The van der Waals surface area contributed by atoms with Gasteiger partial charge in [0.25, 0.3) is 0 Å². The Balaban J connectivity index is 1.38. The van der Waals surface area contributed by atoms with Crippen molar-refractivity contribution in [3.05, 3.63) is 23.8 Å². The second-order valence-corrected chi connectivity index (χ2v) is 8.31. The van der Waals surface area contributed by atoms with E-state index in [0.717, 1.165) is 43.9 Å². The second-order valence-electron chi connectivity index (χ2n) is 8.31. The summed E-state index contributed by atoms with van der Waals surface area (Å²) >= 11 is 0. The molecule has 1 aliphatic rings. The minimum atomic E-state index is 0.385. The fourth-order valence-electron chi connectivity index (χ4n) is 4.18. The monoisotopic (exact) mass is 403 g/mol. The number of benzene rings is 1. The average molecular weight is 404 g/mol. The highest BCUT2D eigenvalue weighted by Crippen LogP contribution is 2.28. The zero-order valence-corrected chi connectivity index (χ0v) is 18.7. The van der Waals surface area contributed by atoms with Gasteiger partial charge in [0.1, 0.15) is 0 Å². The van der Waals surface area contributed by atoms with Crippen LogP contribution in [0.1, 0.15) is 89.0 Å². The molecule has 0 saturated carbocycles. The van der Waals surface area contributed by atoms with Gasteiger partial charge in [-0.15, -0.1) is 0 Å². The van der Waals surface area contributed by atoms with Crippen LogP contribution in [0.15, 0.2) is 18.2 Å². The zero-order chi connectivity index (χ0) is 20.7. The van der Waals surface area contributed by atoms with Crippen molar-refractivity contribution in [2.75, 3.05) is 27.3 Å². The Hall–Kier alpha value is -1.71. The van der Waals surface area contributed by atoms with E-state index in [1.807, 2.05) is 11.0 Å². The van der Waals surface area contributed by atoms with Crippen LogP contribution in [-0.2, 0) is 11.2 Å². The lowest BCUT2D eigenvalue weighted by atomic mass is 10.0. The molecule has 0 atom stereocenters. The number of carbonyl (C=O) groups is 1. The first-order valence-electron chi connectivity index (χ1n) is 11.7. The van der Waals surface area contributed by atoms with Gasteiger partial charge in [0, 0.05) is 19.5 Å². The number of aryl methyl sites for hydroxylation is 1. The van der Waals surface area contributed by atoms with Crippen molar-refractivity contribution >= 4 is 5.91 Å². The highest BCUT2D eigenvalue weighted by Gasteiger charge is 2.16. The number of rotatable bonds is 15. The maximum atomic E-state index is 12.0. The molecule has 0 bridgehead atoms. The molecule has 0 aromatic heterocycles. The van der Waals surface area contributed by atoms with Gasteiger partial charge in [-0.1, -0.05) is 57.4 Å². The van der Waals surface area contributed by atoms with Crippen molar-refractivity contribution < 1.29 is 14.3 Å². The van der Waals surface area contributed by atoms with Crippen LogP contribution in [0.2, 0.25) is 0 Å². The van der Waals surface area contributed by atoms with Crippen LogP contribution in [-0.4, -0.2) is 38.1 Å². The third kappa shape index (κ3) is 9.10. The van der Waals surface area contributed by atoms with Crippen LogP contribution < -0.4 is 9.47 Å². The predicted molar refractivity (Wildman–Crippen MR) is 120 cm³/mol. The summed E-state index contributed by atoms with van der Waals surface area (Å²) in [7, 11) is 3.36. The summed E-state index contributed by atoms with van der Waals surface area (Å²) in [6.07, 6.45) is 17.1. The SMILES string of the molecule is COc1ccc(CCCCCCCCCCCCC(=O)N2CCCC2)cc1OC. The number of ether oxygens (including phenoxy) is 2. The topological polar surface area (TPSA) is 38.8 Å². The van der Waals surface area contributed by atoms with E-state index in [4.69, 9.17) is 9.47 Å². The Morgan fingerprint density at radius 2 is 1.34 bits per heavy atom. The highest BCUT2D eigenvalue weighted by molar-refractivity contribution is 5.76. The molecule has 1 fully saturated rings. The Bertz CT molecular complexity index is 581. The van der Waals surface area contributed by atoms with Crippen LogP contribution in [0.25, 0.3) is 0 Å². The number of likely N-dealkylation sites (tertiary alicyclic amines) is 1. The number of hydrogen-bond acceptors (Lipinski definition) is 3. The molecule has 29 heavy (non-hydrogen) atoms. The van der Waals surface area contributed by atoms with Gasteiger partial charge in [0.05, 0.1) is 14.2 Å². The second kappa shape index (κ2) is 14.3. The van der Waals surface area contributed by atoms with Gasteiger partial charge in [0.2, 0.25) is 5.91 Å². The van der Waals surface area contributed by atoms with E-state index in [1.165, 1.54) is 76.2 Å². The van der Waals surface area contributed by atoms with E-state index in [0.29, 0.717) is 5.91 Å². The van der Waals surface area contributed by atoms with E-state index < -0.39 is 0 Å². The van der Waals surface area contributed by atoms with Gasteiger partial charge < -0.3 is 14.4 Å². The fraction of sp³-hybridized carbons (Fsp3) is 0.720. The maximum absolute atomic E-state index is 12.0. The summed E-state index contributed by atoms with van der Waals surface area (Å²) in [6, 6.07) is 6.23. The average Bonchev–Trinajstić information content (AvgIpc) is 3.29. The van der Waals surface area contributed by atoms with E-state index >= 15 is 0 Å². The van der Waals surface area contributed by atoms with Crippen LogP contribution in [0, 0.1) is 0 Å². The van der Waals surface area contributed by atoms with Crippen molar-refractivity contribution in [3.63, 3.8) is 0 Å². The van der Waals surface area contributed by atoms with Gasteiger partial charge in [-0.2, -0.15) is 0 Å². The lowest BCUT2D eigenvalue weighted by Gasteiger charge is -2.14. The van der Waals surface area contributed by atoms with Crippen LogP contribution in [0.5, 0.6) is 11.5 Å². The largest absolute Gasteiger partial charge is 0.493 e. The first-order valence-corrected chi connectivity index (χ1v) is 11.7. The summed E-state index contributed by atoms with van der Waals surface area (Å²) in [4.78, 5) is 14.0. The molecule has 1 aliphatic heterocycles. The molecule has 4 nitrogen and oxygen atoms in total. The Morgan fingerprint density at radius 1 is 0.793 bits per heavy atom. The molecule has 1 aromatic carbocycles. The minimum Gasteiger partial charge on any atom is -0.493 e. The Labute approximate surface area is 178 Å². The molecular formula is C25H41NO3. The lowest BCUT2D eigenvalue weighted by Crippen LogP contribution is -2.27. The highest BCUT2D eigenvalue weighted by atomic mass is 16.5. The predicted octanol–water partition coefficient (Wildman–Crippen LogP) is 6.16. The first kappa shape index (κ1) is 23.6. The third-order valence-corrected chi connectivity index (χ3v) is 6.01. The molecule has 4 heteroatoms. The van der Waals surface area contributed by atoms with Crippen LogP contribution in [0.4, 0.5) is 0 Å².